The highest BCUT2D eigenvalue weighted by molar-refractivity contribution is 6.27. The van der Waals surface area contributed by atoms with Gasteiger partial charge in [0.1, 0.15) is 18.1 Å². The average molecular weight is 530 g/mol. The van der Waals surface area contributed by atoms with Crippen molar-refractivity contribution in [1.29, 1.82) is 0 Å². The van der Waals surface area contributed by atoms with Crippen molar-refractivity contribution in [2.24, 2.45) is 0 Å². The Bertz CT molecular complexity index is 1390. The van der Waals surface area contributed by atoms with E-state index in [4.69, 9.17) is 4.74 Å². The number of piperazine rings is 1. The van der Waals surface area contributed by atoms with E-state index < -0.39 is 0 Å². The monoisotopic (exact) mass is 529 g/mol. The van der Waals surface area contributed by atoms with E-state index in [2.05, 4.69) is 37.8 Å². The van der Waals surface area contributed by atoms with Crippen molar-refractivity contribution in [3.05, 3.63) is 53.1 Å². The Morgan fingerprint density at radius 3 is 2.59 bits per heavy atom. The summed E-state index contributed by atoms with van der Waals surface area (Å²) in [5.74, 6) is 0.670. The van der Waals surface area contributed by atoms with Gasteiger partial charge in [-0.25, -0.2) is 9.80 Å². The molecule has 39 heavy (non-hydrogen) atoms. The second kappa shape index (κ2) is 10.8. The molecular formula is C29H35N7O3. The Balaban J connectivity index is 1.18. The number of carbonyl (C=O) groups is 2. The Labute approximate surface area is 228 Å². The zero-order valence-electron chi connectivity index (χ0n) is 22.5. The molecule has 3 aliphatic rings. The molecule has 6 rings (SSSR count). The number of likely N-dealkylation sites (N-methyl/N-ethyl adjacent to an activating group) is 1. The topological polar surface area (TPSA) is 106 Å². The van der Waals surface area contributed by atoms with Crippen LogP contribution in [0.5, 0.6) is 5.75 Å². The highest BCUT2D eigenvalue weighted by atomic mass is 16.5. The summed E-state index contributed by atoms with van der Waals surface area (Å²) in [4.78, 5) is 31.2. The number of aromatic nitrogens is 2. The molecular weight excluding hydrogens is 494 g/mol. The number of amides is 2. The first kappa shape index (κ1) is 25.5. The molecule has 0 bridgehead atoms. The molecule has 2 aromatic carbocycles. The van der Waals surface area contributed by atoms with Crippen molar-refractivity contribution in [3.8, 4) is 28.3 Å². The van der Waals surface area contributed by atoms with E-state index >= 15 is 0 Å². The standard InChI is InChI=1S/C29H35N7O3/c1-19-18-20(39-17-16-35-10-3-4-11-35)8-9-21(19)26-25-27(32-31-26)22-6-5-7-23(24(22)28(25)37)30-29(38)33-36-14-12-34(2)13-15-36/h5-9,18H,3-4,10-17H2,1-2H3,(H,31,32)(H2,30,33,38). The van der Waals surface area contributed by atoms with Gasteiger partial charge in [-0.05, 0) is 69.7 Å². The third-order valence-corrected chi connectivity index (χ3v) is 7.89. The van der Waals surface area contributed by atoms with Crippen molar-refractivity contribution >= 4 is 17.5 Å². The Morgan fingerprint density at radius 2 is 1.82 bits per heavy atom. The van der Waals surface area contributed by atoms with Gasteiger partial charge in [-0.1, -0.05) is 12.1 Å². The van der Waals surface area contributed by atoms with Gasteiger partial charge in [0.05, 0.1) is 22.5 Å². The summed E-state index contributed by atoms with van der Waals surface area (Å²) in [5, 5.41) is 12.4. The highest BCUT2D eigenvalue weighted by Gasteiger charge is 2.35. The van der Waals surface area contributed by atoms with Crippen molar-refractivity contribution in [2.75, 3.05) is 64.8 Å². The fourth-order valence-corrected chi connectivity index (χ4v) is 5.69. The second-order valence-corrected chi connectivity index (χ2v) is 10.6. The van der Waals surface area contributed by atoms with Crippen molar-refractivity contribution < 1.29 is 14.3 Å². The number of likely N-dealkylation sites (tertiary alicyclic amines) is 1. The van der Waals surface area contributed by atoms with E-state index in [1.165, 1.54) is 12.8 Å². The SMILES string of the molecule is Cc1cc(OCCN2CCCC2)ccc1-c1[nH]nc2c1C(=O)c1c(NC(=O)NN3CCN(C)CC3)cccc1-2. The number of fused-ring (bicyclic) bond motifs is 3. The van der Waals surface area contributed by atoms with Crippen LogP contribution in [0.25, 0.3) is 22.5 Å². The van der Waals surface area contributed by atoms with Crippen LogP contribution in [-0.4, -0.2) is 96.3 Å². The number of ketones is 1. The molecule has 2 aliphatic heterocycles. The van der Waals surface area contributed by atoms with Crippen molar-refractivity contribution in [3.63, 3.8) is 0 Å². The van der Waals surface area contributed by atoms with Gasteiger partial charge in [-0.2, -0.15) is 5.10 Å². The maximum atomic E-state index is 13.7. The first-order chi connectivity index (χ1) is 19.0. The van der Waals surface area contributed by atoms with Crippen LogP contribution < -0.4 is 15.5 Å². The number of carbonyl (C=O) groups excluding carboxylic acids is 2. The summed E-state index contributed by atoms with van der Waals surface area (Å²) in [6.45, 7) is 9.17. The lowest BCUT2D eigenvalue weighted by Gasteiger charge is -2.32. The first-order valence-electron chi connectivity index (χ1n) is 13.7. The smallest absolute Gasteiger partial charge is 0.333 e. The normalized spacial score (nSPS) is 17.7. The van der Waals surface area contributed by atoms with Crippen LogP contribution >= 0.6 is 0 Å². The molecule has 3 heterocycles. The maximum Gasteiger partial charge on any atom is 0.333 e. The lowest BCUT2D eigenvalue weighted by atomic mass is 10.00. The van der Waals surface area contributed by atoms with Gasteiger partial charge >= 0.3 is 6.03 Å². The molecule has 0 saturated carbocycles. The summed E-state index contributed by atoms with van der Waals surface area (Å²) < 4.78 is 6.01. The number of benzene rings is 2. The number of hydrogen-bond acceptors (Lipinski definition) is 7. The number of nitrogens with one attached hydrogen (secondary N) is 3. The molecule has 0 atom stereocenters. The molecule has 204 valence electrons. The van der Waals surface area contributed by atoms with E-state index in [1.54, 1.807) is 6.07 Å². The number of nitrogens with zero attached hydrogens (tertiary/aromatic N) is 4. The van der Waals surface area contributed by atoms with Crippen LogP contribution in [0, 0.1) is 6.92 Å². The second-order valence-electron chi connectivity index (χ2n) is 10.6. The molecule has 2 fully saturated rings. The lowest BCUT2D eigenvalue weighted by molar-refractivity contribution is 0.104. The third kappa shape index (κ3) is 5.15. The van der Waals surface area contributed by atoms with Crippen LogP contribution in [0.2, 0.25) is 0 Å². The summed E-state index contributed by atoms with van der Waals surface area (Å²) in [6, 6.07) is 11.0. The fourth-order valence-electron chi connectivity index (χ4n) is 5.69. The van der Waals surface area contributed by atoms with E-state index in [0.717, 1.165) is 68.3 Å². The van der Waals surface area contributed by atoms with Crippen LogP contribution in [0.15, 0.2) is 36.4 Å². The molecule has 0 radical (unpaired) electrons. The Hall–Kier alpha value is -3.73. The molecule has 1 aromatic heterocycles. The van der Waals surface area contributed by atoms with Crippen LogP contribution in [0.4, 0.5) is 10.5 Å². The number of ether oxygens (including phenoxy) is 1. The largest absolute Gasteiger partial charge is 0.492 e. The molecule has 2 amide bonds. The highest BCUT2D eigenvalue weighted by Crippen LogP contribution is 2.43. The van der Waals surface area contributed by atoms with Crippen molar-refractivity contribution in [1.82, 2.24) is 30.4 Å². The molecule has 0 spiro atoms. The lowest BCUT2D eigenvalue weighted by Crippen LogP contribution is -2.53. The molecule has 2 saturated heterocycles. The van der Waals surface area contributed by atoms with Gasteiger partial charge in [0.25, 0.3) is 0 Å². The minimum Gasteiger partial charge on any atom is -0.492 e. The number of aryl methyl sites for hydroxylation is 1. The van der Waals surface area contributed by atoms with Crippen LogP contribution in [0.3, 0.4) is 0 Å². The number of H-pyrrole nitrogens is 1. The van der Waals surface area contributed by atoms with Gasteiger partial charge in [0, 0.05) is 43.9 Å². The Morgan fingerprint density at radius 1 is 1.03 bits per heavy atom. The number of rotatable bonds is 7. The van der Waals surface area contributed by atoms with E-state index in [9.17, 15) is 9.59 Å². The van der Waals surface area contributed by atoms with Gasteiger partial charge < -0.3 is 15.0 Å². The third-order valence-electron chi connectivity index (χ3n) is 7.89. The van der Waals surface area contributed by atoms with Gasteiger partial charge in [0.15, 0.2) is 5.78 Å². The fraction of sp³-hybridized carbons (Fsp3) is 0.414. The predicted octanol–water partition coefficient (Wildman–Crippen LogP) is 3.36. The molecule has 10 nitrogen and oxygen atoms in total. The molecule has 0 unspecified atom stereocenters. The minimum absolute atomic E-state index is 0.149. The number of anilines is 1. The molecule has 3 N–H and O–H groups in total. The quantitative estimate of drug-likeness (QED) is 0.337. The predicted molar refractivity (Wildman–Crippen MR) is 150 cm³/mol. The number of hydrazine groups is 1. The van der Waals surface area contributed by atoms with Gasteiger partial charge in [-0.15, -0.1) is 0 Å². The molecule has 10 heteroatoms. The summed E-state index contributed by atoms with van der Waals surface area (Å²) in [7, 11) is 2.06. The minimum atomic E-state index is -0.358. The van der Waals surface area contributed by atoms with Crippen LogP contribution in [-0.2, 0) is 0 Å². The zero-order chi connectivity index (χ0) is 26.9. The summed E-state index contributed by atoms with van der Waals surface area (Å²) in [5.41, 5.74) is 8.28. The van der Waals surface area contributed by atoms with E-state index in [-0.39, 0.29) is 11.8 Å². The number of hydrogen-bond donors (Lipinski definition) is 3. The van der Waals surface area contributed by atoms with E-state index in [0.29, 0.717) is 34.8 Å². The summed E-state index contributed by atoms with van der Waals surface area (Å²) >= 11 is 0. The average Bonchev–Trinajstić information content (AvgIpc) is 3.65. The first-order valence-corrected chi connectivity index (χ1v) is 13.7. The van der Waals surface area contributed by atoms with Crippen LogP contribution in [0.1, 0.15) is 34.3 Å². The Kier molecular flexibility index (Phi) is 7.07. The maximum absolute atomic E-state index is 13.7. The molecule has 1 aliphatic carbocycles. The zero-order valence-corrected chi connectivity index (χ0v) is 22.5. The number of aromatic amines is 1. The van der Waals surface area contributed by atoms with Crippen molar-refractivity contribution in [2.45, 2.75) is 19.8 Å². The summed E-state index contributed by atoms with van der Waals surface area (Å²) in [6.07, 6.45) is 2.54. The molecule has 3 aromatic rings. The van der Waals surface area contributed by atoms with Gasteiger partial charge in [0.2, 0.25) is 0 Å². The van der Waals surface area contributed by atoms with E-state index in [1.807, 2.05) is 42.3 Å². The number of urea groups is 1. The van der Waals surface area contributed by atoms with Gasteiger partial charge in [-0.3, -0.25) is 20.2 Å².